The lowest BCUT2D eigenvalue weighted by atomic mass is 9.76. The summed E-state index contributed by atoms with van der Waals surface area (Å²) in [5, 5.41) is 20.0. The van der Waals surface area contributed by atoms with Crippen LogP contribution in [0, 0.1) is 17.8 Å². The number of hydrogen-bond acceptors (Lipinski definition) is 5. The van der Waals surface area contributed by atoms with Crippen molar-refractivity contribution >= 4 is 5.97 Å². The van der Waals surface area contributed by atoms with Gasteiger partial charge in [-0.25, -0.2) is 0 Å². The van der Waals surface area contributed by atoms with Crippen molar-refractivity contribution in [1.82, 2.24) is 0 Å². The van der Waals surface area contributed by atoms with Crippen LogP contribution >= 0.6 is 0 Å². The molecule has 0 radical (unpaired) electrons. The third kappa shape index (κ3) is 1.01. The fourth-order valence-corrected chi connectivity index (χ4v) is 3.24. The molecule has 2 saturated heterocycles. The van der Waals surface area contributed by atoms with E-state index in [2.05, 4.69) is 0 Å². The molecule has 3 fully saturated rings. The summed E-state index contributed by atoms with van der Waals surface area (Å²) >= 11 is 0. The number of aliphatic hydroxyl groups is 2. The highest BCUT2D eigenvalue weighted by Gasteiger charge is 2.66. The van der Waals surface area contributed by atoms with Gasteiger partial charge in [0.2, 0.25) is 0 Å². The second-order valence-corrected chi connectivity index (χ2v) is 4.86. The van der Waals surface area contributed by atoms with E-state index in [1.807, 2.05) is 6.92 Å². The second kappa shape index (κ2) is 2.72. The topological polar surface area (TPSA) is 76.0 Å². The van der Waals surface area contributed by atoms with E-state index in [1.165, 1.54) is 0 Å². The van der Waals surface area contributed by atoms with Crippen LogP contribution in [0.1, 0.15) is 13.3 Å². The van der Waals surface area contributed by atoms with Crippen LogP contribution in [0.2, 0.25) is 0 Å². The van der Waals surface area contributed by atoms with Crippen molar-refractivity contribution in [2.24, 2.45) is 17.8 Å². The molecular formula is C10H14O5. The van der Waals surface area contributed by atoms with Gasteiger partial charge in [0.15, 0.2) is 6.29 Å². The van der Waals surface area contributed by atoms with E-state index in [0.717, 1.165) is 0 Å². The average Bonchev–Trinajstić information content (AvgIpc) is 2.61. The predicted octanol–water partition coefficient (Wildman–Crippen LogP) is -0.736. The number of ether oxygens (including phenoxy) is 2. The van der Waals surface area contributed by atoms with Crippen molar-refractivity contribution in [2.45, 2.75) is 31.3 Å². The largest absolute Gasteiger partial charge is 0.462 e. The highest BCUT2D eigenvalue weighted by Crippen LogP contribution is 2.53. The highest BCUT2D eigenvalue weighted by atomic mass is 16.6. The molecule has 0 aromatic heterocycles. The molecule has 0 aromatic rings. The van der Waals surface area contributed by atoms with Crippen LogP contribution in [-0.4, -0.2) is 40.8 Å². The first kappa shape index (κ1) is 9.57. The molecule has 84 valence electrons. The lowest BCUT2D eigenvalue weighted by Gasteiger charge is -2.40. The van der Waals surface area contributed by atoms with E-state index in [1.54, 1.807) is 0 Å². The Labute approximate surface area is 87.0 Å². The summed E-state index contributed by atoms with van der Waals surface area (Å²) in [7, 11) is 0. The molecule has 0 spiro atoms. The molecule has 0 bridgehead atoms. The van der Waals surface area contributed by atoms with Gasteiger partial charge in [0.25, 0.3) is 0 Å². The minimum atomic E-state index is -1.13. The van der Waals surface area contributed by atoms with Crippen LogP contribution in [0.4, 0.5) is 0 Å². The second-order valence-electron chi connectivity index (χ2n) is 4.86. The van der Waals surface area contributed by atoms with E-state index < -0.39 is 23.8 Å². The van der Waals surface area contributed by atoms with E-state index in [9.17, 15) is 15.0 Å². The zero-order valence-electron chi connectivity index (χ0n) is 8.42. The summed E-state index contributed by atoms with van der Waals surface area (Å²) in [6.07, 6.45) is -0.724. The van der Waals surface area contributed by atoms with E-state index in [4.69, 9.17) is 9.47 Å². The maximum Gasteiger partial charge on any atom is 0.314 e. The minimum Gasteiger partial charge on any atom is -0.462 e. The Hall–Kier alpha value is -0.650. The van der Waals surface area contributed by atoms with Crippen LogP contribution in [0.15, 0.2) is 0 Å². The zero-order chi connectivity index (χ0) is 10.8. The maximum atomic E-state index is 11.5. The lowest BCUT2D eigenvalue weighted by molar-refractivity contribution is -0.240. The van der Waals surface area contributed by atoms with Crippen LogP contribution in [0.5, 0.6) is 0 Å². The molecule has 2 heterocycles. The van der Waals surface area contributed by atoms with Gasteiger partial charge in [0.1, 0.15) is 12.0 Å². The van der Waals surface area contributed by atoms with E-state index in [0.29, 0.717) is 6.42 Å². The Kier molecular flexibility index (Phi) is 1.74. The lowest BCUT2D eigenvalue weighted by Crippen LogP contribution is -2.55. The molecule has 3 rings (SSSR count). The molecule has 5 nitrogen and oxygen atoms in total. The SMILES string of the molecule is C[C@H]1C[C@@H]2OC(=O)[C@@H]3[C@@H]2[C@]1(O)CO[C@@H]3O. The smallest absolute Gasteiger partial charge is 0.314 e. The minimum absolute atomic E-state index is 0.0376. The Bertz CT molecular complexity index is 317. The molecule has 6 atom stereocenters. The van der Waals surface area contributed by atoms with Gasteiger partial charge >= 0.3 is 5.97 Å². The Morgan fingerprint density at radius 3 is 3.00 bits per heavy atom. The molecule has 5 heteroatoms. The number of carbonyl (C=O) groups excluding carboxylic acids is 1. The molecule has 3 aliphatic rings. The quantitative estimate of drug-likeness (QED) is 0.520. The standard InChI is InChI=1S/C10H14O5/c1-4-2-5-7-6(9(12)15-5)8(11)14-3-10(4,7)13/h4-8,11,13H,2-3H2,1H3/t4-,5-,6+,7+,8-,10-/m0/s1. The van der Waals surface area contributed by atoms with Crippen LogP contribution in [0.3, 0.4) is 0 Å². The van der Waals surface area contributed by atoms with Crippen LogP contribution < -0.4 is 0 Å². The average molecular weight is 214 g/mol. The van der Waals surface area contributed by atoms with Gasteiger partial charge in [-0.15, -0.1) is 0 Å². The summed E-state index contributed by atoms with van der Waals surface area (Å²) in [6, 6.07) is 0. The molecule has 1 aliphatic carbocycles. The number of esters is 1. The third-order valence-electron chi connectivity index (χ3n) is 4.14. The van der Waals surface area contributed by atoms with Gasteiger partial charge in [-0.05, 0) is 12.3 Å². The van der Waals surface area contributed by atoms with Gasteiger partial charge in [-0.1, -0.05) is 6.92 Å². The van der Waals surface area contributed by atoms with Crippen molar-refractivity contribution in [1.29, 1.82) is 0 Å². The van der Waals surface area contributed by atoms with Gasteiger partial charge in [-0.2, -0.15) is 0 Å². The molecular weight excluding hydrogens is 200 g/mol. The molecule has 1 saturated carbocycles. The molecule has 0 unspecified atom stereocenters. The van der Waals surface area contributed by atoms with Crippen LogP contribution in [0.25, 0.3) is 0 Å². The fraction of sp³-hybridized carbons (Fsp3) is 0.900. The number of rotatable bonds is 0. The van der Waals surface area contributed by atoms with Gasteiger partial charge in [0, 0.05) is 5.92 Å². The van der Waals surface area contributed by atoms with Gasteiger partial charge in [-0.3, -0.25) is 4.79 Å². The summed E-state index contributed by atoms with van der Waals surface area (Å²) in [4.78, 5) is 11.5. The zero-order valence-corrected chi connectivity index (χ0v) is 8.42. The van der Waals surface area contributed by atoms with Gasteiger partial charge in [0.05, 0.1) is 12.2 Å². The summed E-state index contributed by atoms with van der Waals surface area (Å²) in [6.45, 7) is 2.01. The molecule has 0 amide bonds. The first-order valence-electron chi connectivity index (χ1n) is 5.26. The Morgan fingerprint density at radius 2 is 2.27 bits per heavy atom. The highest BCUT2D eigenvalue weighted by molar-refractivity contribution is 5.76. The Balaban J connectivity index is 2.03. The Morgan fingerprint density at radius 1 is 1.53 bits per heavy atom. The van der Waals surface area contributed by atoms with Crippen molar-refractivity contribution in [2.75, 3.05) is 6.61 Å². The maximum absolute atomic E-state index is 11.5. The first-order chi connectivity index (χ1) is 7.04. The van der Waals surface area contributed by atoms with Crippen molar-refractivity contribution in [3.63, 3.8) is 0 Å². The molecule has 2 N–H and O–H groups in total. The molecule has 2 aliphatic heterocycles. The van der Waals surface area contributed by atoms with Crippen molar-refractivity contribution in [3.05, 3.63) is 0 Å². The first-order valence-corrected chi connectivity index (χ1v) is 5.26. The monoisotopic (exact) mass is 214 g/mol. The van der Waals surface area contributed by atoms with Crippen molar-refractivity contribution in [3.8, 4) is 0 Å². The number of carbonyl (C=O) groups is 1. The third-order valence-corrected chi connectivity index (χ3v) is 4.14. The number of hydrogen-bond donors (Lipinski definition) is 2. The van der Waals surface area contributed by atoms with E-state index in [-0.39, 0.29) is 24.5 Å². The van der Waals surface area contributed by atoms with Crippen LogP contribution in [-0.2, 0) is 14.3 Å². The summed E-state index contributed by atoms with van der Waals surface area (Å²) in [5.74, 6) is -1.42. The normalized spacial score (nSPS) is 57.8. The summed E-state index contributed by atoms with van der Waals surface area (Å²) < 4.78 is 10.2. The van der Waals surface area contributed by atoms with Gasteiger partial charge < -0.3 is 19.7 Å². The molecule has 15 heavy (non-hydrogen) atoms. The summed E-state index contributed by atoms with van der Waals surface area (Å²) in [5.41, 5.74) is -1.01. The molecule has 0 aromatic carbocycles. The van der Waals surface area contributed by atoms with E-state index >= 15 is 0 Å². The van der Waals surface area contributed by atoms with Crippen molar-refractivity contribution < 1.29 is 24.5 Å². The predicted molar refractivity (Wildman–Crippen MR) is 47.5 cm³/mol. The number of aliphatic hydroxyl groups excluding tert-OH is 1. The fourth-order valence-electron chi connectivity index (χ4n) is 3.24.